The lowest BCUT2D eigenvalue weighted by Crippen LogP contribution is -2.36. The molecule has 1 aliphatic heterocycles. The van der Waals surface area contributed by atoms with Crippen LogP contribution in [0, 0.1) is 11.8 Å². The number of carbonyl (C=O) groups is 2. The predicted molar refractivity (Wildman–Crippen MR) is 169 cm³/mol. The van der Waals surface area contributed by atoms with Crippen molar-refractivity contribution in [2.75, 3.05) is 6.61 Å². The normalized spacial score (nSPS) is 23.5. The van der Waals surface area contributed by atoms with Crippen molar-refractivity contribution in [3.05, 3.63) is 114 Å². The van der Waals surface area contributed by atoms with Gasteiger partial charge in [-0.1, -0.05) is 97.1 Å². The third-order valence-electron chi connectivity index (χ3n) is 8.35. The Kier molecular flexibility index (Phi) is 11.3. The van der Waals surface area contributed by atoms with Crippen molar-refractivity contribution in [3.63, 3.8) is 0 Å². The molecular formula is C37H40O8. The molecule has 3 aromatic rings. The van der Waals surface area contributed by atoms with Crippen molar-refractivity contribution in [1.29, 1.82) is 0 Å². The number of carbonyl (C=O) groups excluding carboxylic acids is 2. The van der Waals surface area contributed by atoms with Crippen LogP contribution in [0.15, 0.2) is 103 Å². The third kappa shape index (κ3) is 8.77. The van der Waals surface area contributed by atoms with Crippen LogP contribution >= 0.6 is 0 Å². The summed E-state index contributed by atoms with van der Waals surface area (Å²) in [4.78, 5) is 24.6. The predicted octanol–water partition coefficient (Wildman–Crippen LogP) is 5.41. The number of allylic oxidation sites excluding steroid dienone is 2. The first-order valence-electron chi connectivity index (χ1n) is 15.5. The maximum absolute atomic E-state index is 12.5. The number of para-hydroxylation sites is 1. The highest BCUT2D eigenvalue weighted by Gasteiger charge is 2.39. The molecule has 0 aromatic heterocycles. The molecule has 1 heterocycles. The summed E-state index contributed by atoms with van der Waals surface area (Å²) in [5.41, 5.74) is 3.48. The molecule has 8 nitrogen and oxygen atoms in total. The highest BCUT2D eigenvalue weighted by Crippen LogP contribution is 2.37. The lowest BCUT2D eigenvalue weighted by molar-refractivity contribution is -0.152. The third-order valence-corrected chi connectivity index (χ3v) is 8.35. The number of esters is 1. The summed E-state index contributed by atoms with van der Waals surface area (Å²) >= 11 is 0. The molecule has 236 valence electrons. The molecule has 45 heavy (non-hydrogen) atoms. The highest BCUT2D eigenvalue weighted by molar-refractivity contribution is 5.98. The minimum absolute atomic E-state index is 0.189. The van der Waals surface area contributed by atoms with E-state index in [1.54, 1.807) is 24.3 Å². The summed E-state index contributed by atoms with van der Waals surface area (Å²) in [6.07, 6.45) is 6.09. The fourth-order valence-corrected chi connectivity index (χ4v) is 5.79. The summed E-state index contributed by atoms with van der Waals surface area (Å²) in [5.74, 6) is -0.554. The molecule has 8 heteroatoms. The number of ether oxygens (including phenoxy) is 3. The minimum atomic E-state index is -1.03. The number of rotatable bonds is 13. The van der Waals surface area contributed by atoms with Crippen LogP contribution in [-0.2, 0) is 20.9 Å². The van der Waals surface area contributed by atoms with E-state index in [4.69, 9.17) is 14.2 Å². The van der Waals surface area contributed by atoms with Crippen LogP contribution in [0.3, 0.4) is 0 Å². The first-order chi connectivity index (χ1) is 21.9. The van der Waals surface area contributed by atoms with Gasteiger partial charge in [0.05, 0.1) is 18.8 Å². The van der Waals surface area contributed by atoms with E-state index in [-0.39, 0.29) is 37.1 Å². The Bertz CT molecular complexity index is 1470. The van der Waals surface area contributed by atoms with Crippen LogP contribution in [-0.4, -0.2) is 58.3 Å². The zero-order chi connectivity index (χ0) is 31.6. The smallest absolute Gasteiger partial charge is 0.306 e. The fraction of sp³-hybridized carbons (Fsp3) is 0.351. The lowest BCUT2D eigenvalue weighted by atomic mass is 9.89. The number of fused-ring (bicyclic) bond motifs is 1. The van der Waals surface area contributed by atoms with Gasteiger partial charge in [-0.15, -0.1) is 0 Å². The van der Waals surface area contributed by atoms with Crippen molar-refractivity contribution in [2.45, 2.75) is 63.3 Å². The standard InChI is InChI=1S/C37H40O8/c38-31(37-44-23-28-12-8-9-14-35(28)45-37)21-20-30-29(32(39)22-33(30)40)13-6-1-2-7-15-36(42)43-24-34(41)27-18-16-26(17-19-27)25-10-4-3-5-11-25/h1,3-6,8-12,14,16-21,29-33,37-40H,2,7,13,15,22-24H2/t29-,30-,31-,32+,33-,37?/m1/s1. The second-order valence-electron chi connectivity index (χ2n) is 11.5. The summed E-state index contributed by atoms with van der Waals surface area (Å²) in [6, 6.07) is 24.6. The second kappa shape index (κ2) is 15.8. The van der Waals surface area contributed by atoms with E-state index in [9.17, 15) is 24.9 Å². The largest absolute Gasteiger partial charge is 0.461 e. The molecule has 0 bridgehead atoms. The summed E-state index contributed by atoms with van der Waals surface area (Å²) in [6.45, 7) is 0.0425. The van der Waals surface area contributed by atoms with E-state index in [0.29, 0.717) is 37.2 Å². The zero-order valence-electron chi connectivity index (χ0n) is 25.1. The van der Waals surface area contributed by atoms with Gasteiger partial charge >= 0.3 is 5.97 Å². The Balaban J connectivity index is 1.01. The molecule has 1 fully saturated rings. The van der Waals surface area contributed by atoms with Crippen LogP contribution in [0.5, 0.6) is 5.75 Å². The summed E-state index contributed by atoms with van der Waals surface area (Å²) < 4.78 is 16.6. The molecular weight excluding hydrogens is 572 g/mol. The number of benzene rings is 3. The van der Waals surface area contributed by atoms with Crippen molar-refractivity contribution in [1.82, 2.24) is 0 Å². The number of hydrogen-bond acceptors (Lipinski definition) is 8. The molecule has 0 saturated heterocycles. The van der Waals surface area contributed by atoms with Crippen molar-refractivity contribution < 1.29 is 39.1 Å². The fourth-order valence-electron chi connectivity index (χ4n) is 5.79. The maximum Gasteiger partial charge on any atom is 0.306 e. The van der Waals surface area contributed by atoms with E-state index in [1.807, 2.05) is 78.9 Å². The Morgan fingerprint density at radius 3 is 2.44 bits per heavy atom. The van der Waals surface area contributed by atoms with Gasteiger partial charge in [-0.05, 0) is 42.4 Å². The number of unbranched alkanes of at least 4 members (excludes halogenated alkanes) is 1. The van der Waals surface area contributed by atoms with Gasteiger partial charge in [0.25, 0.3) is 0 Å². The molecule has 1 unspecified atom stereocenters. The number of Topliss-reactive ketones (excluding diaryl/α,β-unsaturated/α-hetero) is 1. The van der Waals surface area contributed by atoms with Gasteiger partial charge < -0.3 is 29.5 Å². The van der Waals surface area contributed by atoms with Gasteiger partial charge in [-0.25, -0.2) is 0 Å². The molecule has 0 amide bonds. The molecule has 0 radical (unpaired) electrons. The van der Waals surface area contributed by atoms with Gasteiger partial charge in [0, 0.05) is 29.9 Å². The summed E-state index contributed by atoms with van der Waals surface area (Å²) in [7, 11) is 0. The average Bonchev–Trinajstić information content (AvgIpc) is 3.35. The minimum Gasteiger partial charge on any atom is -0.461 e. The quantitative estimate of drug-likeness (QED) is 0.101. The molecule has 3 N–H and O–H groups in total. The second-order valence-corrected chi connectivity index (χ2v) is 11.5. The number of hydrogen-bond donors (Lipinski definition) is 3. The Morgan fingerprint density at radius 2 is 1.64 bits per heavy atom. The molecule has 6 atom stereocenters. The van der Waals surface area contributed by atoms with Crippen molar-refractivity contribution in [2.24, 2.45) is 11.8 Å². The zero-order valence-corrected chi connectivity index (χ0v) is 25.1. The number of aliphatic hydroxyl groups excluding tert-OH is 3. The van der Waals surface area contributed by atoms with Gasteiger partial charge in [0.15, 0.2) is 12.4 Å². The summed E-state index contributed by atoms with van der Waals surface area (Å²) in [5, 5.41) is 31.7. The molecule has 1 aliphatic carbocycles. The van der Waals surface area contributed by atoms with Crippen LogP contribution in [0.4, 0.5) is 0 Å². The van der Waals surface area contributed by atoms with Crippen molar-refractivity contribution >= 4 is 11.8 Å². The Morgan fingerprint density at radius 1 is 0.911 bits per heavy atom. The molecule has 5 rings (SSSR count). The SMILES string of the molecule is O=C(CCCC=CC[C@@H]1[C@@H](C=C[C@@H](O)C2OCc3ccccc3O2)[C@H](O)C[C@@H]1O)OCC(=O)c1ccc(-c2ccccc2)cc1. The molecule has 0 spiro atoms. The van der Waals surface area contributed by atoms with Crippen LogP contribution < -0.4 is 4.74 Å². The van der Waals surface area contributed by atoms with Crippen LogP contribution in [0.1, 0.15) is 48.0 Å². The first kappa shape index (κ1) is 32.3. The monoisotopic (exact) mass is 612 g/mol. The first-order valence-corrected chi connectivity index (χ1v) is 15.5. The molecule has 2 aliphatic rings. The van der Waals surface area contributed by atoms with Crippen molar-refractivity contribution in [3.8, 4) is 16.9 Å². The number of aliphatic hydroxyl groups is 3. The van der Waals surface area contributed by atoms with E-state index < -0.39 is 30.6 Å². The Labute approximate surface area is 263 Å². The van der Waals surface area contributed by atoms with Gasteiger partial charge in [-0.2, -0.15) is 0 Å². The molecule has 1 saturated carbocycles. The average molecular weight is 613 g/mol. The van der Waals surface area contributed by atoms with Crippen LogP contribution in [0.25, 0.3) is 11.1 Å². The van der Waals surface area contributed by atoms with Crippen LogP contribution in [0.2, 0.25) is 0 Å². The van der Waals surface area contributed by atoms with E-state index in [0.717, 1.165) is 16.7 Å². The maximum atomic E-state index is 12.5. The Hall–Kier alpha value is -4.08. The lowest BCUT2D eigenvalue weighted by Gasteiger charge is -2.28. The molecule has 3 aromatic carbocycles. The highest BCUT2D eigenvalue weighted by atomic mass is 16.7. The van der Waals surface area contributed by atoms with E-state index in [2.05, 4.69) is 0 Å². The van der Waals surface area contributed by atoms with Gasteiger partial charge in [0.2, 0.25) is 6.29 Å². The van der Waals surface area contributed by atoms with Gasteiger partial charge in [0.1, 0.15) is 11.9 Å². The van der Waals surface area contributed by atoms with Gasteiger partial charge in [-0.3, -0.25) is 9.59 Å². The van der Waals surface area contributed by atoms with E-state index in [1.165, 1.54) is 0 Å². The number of ketones is 1. The van der Waals surface area contributed by atoms with E-state index >= 15 is 0 Å². The topological polar surface area (TPSA) is 123 Å².